The first-order chi connectivity index (χ1) is 17.8. The number of carbonyl (C=O) groups excluding carboxylic acids is 2. The van der Waals surface area contributed by atoms with Crippen molar-refractivity contribution in [3.63, 3.8) is 0 Å². The summed E-state index contributed by atoms with van der Waals surface area (Å²) in [6.45, 7) is 0. The number of urea groups is 1. The van der Waals surface area contributed by atoms with Gasteiger partial charge in [-0.25, -0.2) is 4.79 Å². The predicted octanol–water partition coefficient (Wildman–Crippen LogP) is 4.25. The number of hydrogen-bond donors (Lipinski definition) is 7. The Hall–Kier alpha value is -5.18. The van der Waals surface area contributed by atoms with Crippen molar-refractivity contribution < 1.29 is 30.0 Å². The molecule has 0 saturated heterocycles. The molecule has 0 bridgehead atoms. The molecule has 0 aromatic heterocycles. The highest BCUT2D eigenvalue weighted by Crippen LogP contribution is 2.41. The monoisotopic (exact) mass is 497 g/mol. The molecular formula is C28H23N3O6. The van der Waals surface area contributed by atoms with E-state index in [0.717, 1.165) is 0 Å². The molecule has 0 fully saturated rings. The van der Waals surface area contributed by atoms with Crippen LogP contribution in [0.25, 0.3) is 0 Å². The SMILES string of the molecule is O=C1Nc2cc(C(NC(=O)c3ccccc3O)c3ccccc3O)c(O)cc2C(c2ccc(O)cc2)N1. The number of benzene rings is 4. The Morgan fingerprint density at radius 3 is 2.16 bits per heavy atom. The minimum Gasteiger partial charge on any atom is -0.508 e. The van der Waals surface area contributed by atoms with Gasteiger partial charge in [-0.2, -0.15) is 0 Å². The molecule has 1 aliphatic heterocycles. The maximum atomic E-state index is 13.1. The summed E-state index contributed by atoms with van der Waals surface area (Å²) < 4.78 is 0. The summed E-state index contributed by atoms with van der Waals surface area (Å²) in [5.41, 5.74) is 2.19. The molecule has 0 radical (unpaired) electrons. The Morgan fingerprint density at radius 2 is 1.46 bits per heavy atom. The van der Waals surface area contributed by atoms with Crippen molar-refractivity contribution in [3.8, 4) is 23.0 Å². The van der Waals surface area contributed by atoms with Crippen LogP contribution in [-0.4, -0.2) is 32.4 Å². The topological polar surface area (TPSA) is 151 Å². The number of aromatic hydroxyl groups is 4. The summed E-state index contributed by atoms with van der Waals surface area (Å²) in [7, 11) is 0. The van der Waals surface area contributed by atoms with Crippen LogP contribution in [0.1, 0.15) is 44.7 Å². The molecule has 0 aliphatic carbocycles. The molecule has 186 valence electrons. The van der Waals surface area contributed by atoms with Gasteiger partial charge in [0.25, 0.3) is 5.91 Å². The van der Waals surface area contributed by atoms with E-state index in [1.807, 2.05) is 0 Å². The van der Waals surface area contributed by atoms with Crippen molar-refractivity contribution in [1.29, 1.82) is 0 Å². The van der Waals surface area contributed by atoms with E-state index < -0.39 is 24.0 Å². The van der Waals surface area contributed by atoms with Crippen LogP contribution >= 0.6 is 0 Å². The fourth-order valence-electron chi connectivity index (χ4n) is 4.43. The van der Waals surface area contributed by atoms with Gasteiger partial charge in [-0.15, -0.1) is 0 Å². The lowest BCUT2D eigenvalue weighted by Crippen LogP contribution is -2.38. The highest BCUT2D eigenvalue weighted by Gasteiger charge is 2.30. The zero-order valence-electron chi connectivity index (χ0n) is 19.3. The normalized spacial score (nSPS) is 15.1. The second kappa shape index (κ2) is 9.46. The van der Waals surface area contributed by atoms with Crippen LogP contribution in [-0.2, 0) is 0 Å². The van der Waals surface area contributed by atoms with Crippen LogP contribution in [0.5, 0.6) is 23.0 Å². The number of fused-ring (bicyclic) bond motifs is 1. The fourth-order valence-corrected chi connectivity index (χ4v) is 4.43. The number of phenols is 4. The van der Waals surface area contributed by atoms with Crippen LogP contribution in [0.15, 0.2) is 84.9 Å². The van der Waals surface area contributed by atoms with E-state index in [1.165, 1.54) is 36.4 Å². The van der Waals surface area contributed by atoms with Gasteiger partial charge in [0, 0.05) is 22.4 Å². The minimum atomic E-state index is -1.03. The van der Waals surface area contributed by atoms with Gasteiger partial charge in [-0.1, -0.05) is 42.5 Å². The van der Waals surface area contributed by atoms with Gasteiger partial charge < -0.3 is 36.4 Å². The van der Waals surface area contributed by atoms with Crippen LogP contribution in [0.3, 0.4) is 0 Å². The van der Waals surface area contributed by atoms with E-state index in [-0.39, 0.29) is 34.1 Å². The van der Waals surface area contributed by atoms with Gasteiger partial charge in [-0.3, -0.25) is 4.79 Å². The van der Waals surface area contributed by atoms with E-state index >= 15 is 0 Å². The molecule has 4 aromatic rings. The van der Waals surface area contributed by atoms with Gasteiger partial charge in [0.05, 0.1) is 17.6 Å². The lowest BCUT2D eigenvalue weighted by Gasteiger charge is -2.30. The average molecular weight is 498 g/mol. The lowest BCUT2D eigenvalue weighted by molar-refractivity contribution is 0.0939. The molecule has 9 heteroatoms. The van der Waals surface area contributed by atoms with Crippen molar-refractivity contribution in [1.82, 2.24) is 10.6 Å². The smallest absolute Gasteiger partial charge is 0.320 e. The van der Waals surface area contributed by atoms with E-state index in [2.05, 4.69) is 16.0 Å². The number of amides is 3. The Morgan fingerprint density at radius 1 is 0.784 bits per heavy atom. The number of phenolic OH excluding ortho intramolecular Hbond substituents is 4. The third-order valence-electron chi connectivity index (χ3n) is 6.24. The Balaban J connectivity index is 1.60. The summed E-state index contributed by atoms with van der Waals surface area (Å²) in [5.74, 6) is -1.08. The number of para-hydroxylation sites is 2. The van der Waals surface area contributed by atoms with Crippen molar-refractivity contribution in [2.75, 3.05) is 5.32 Å². The molecule has 5 rings (SSSR count). The van der Waals surface area contributed by atoms with Crippen molar-refractivity contribution in [3.05, 3.63) is 113 Å². The predicted molar refractivity (Wildman–Crippen MR) is 136 cm³/mol. The number of anilines is 1. The number of hydrogen-bond acceptors (Lipinski definition) is 6. The Bertz CT molecular complexity index is 1500. The van der Waals surface area contributed by atoms with E-state index in [1.54, 1.807) is 48.5 Å². The lowest BCUT2D eigenvalue weighted by atomic mass is 9.90. The van der Waals surface area contributed by atoms with Gasteiger partial charge >= 0.3 is 6.03 Å². The van der Waals surface area contributed by atoms with E-state index in [9.17, 15) is 30.0 Å². The van der Waals surface area contributed by atoms with Crippen LogP contribution in [0.4, 0.5) is 10.5 Å². The average Bonchev–Trinajstić information content (AvgIpc) is 2.88. The van der Waals surface area contributed by atoms with Gasteiger partial charge in [0.1, 0.15) is 23.0 Å². The first-order valence-electron chi connectivity index (χ1n) is 11.4. The summed E-state index contributed by atoms with van der Waals surface area (Å²) >= 11 is 0. The molecule has 2 unspecified atom stereocenters. The van der Waals surface area contributed by atoms with Gasteiger partial charge in [0.15, 0.2) is 0 Å². The maximum absolute atomic E-state index is 13.1. The molecule has 3 amide bonds. The van der Waals surface area contributed by atoms with Crippen molar-refractivity contribution in [2.24, 2.45) is 0 Å². The Kier molecular flexibility index (Phi) is 6.02. The molecule has 1 aliphatic rings. The van der Waals surface area contributed by atoms with Crippen LogP contribution in [0.2, 0.25) is 0 Å². The maximum Gasteiger partial charge on any atom is 0.320 e. The molecule has 7 N–H and O–H groups in total. The number of carbonyl (C=O) groups is 2. The second-order valence-corrected chi connectivity index (χ2v) is 8.60. The molecule has 4 aromatic carbocycles. The van der Waals surface area contributed by atoms with E-state index in [4.69, 9.17) is 0 Å². The molecule has 9 nitrogen and oxygen atoms in total. The molecule has 2 atom stereocenters. The first kappa shape index (κ1) is 23.6. The summed E-state index contributed by atoms with van der Waals surface area (Å²) in [6, 6.07) is 19.6. The molecule has 37 heavy (non-hydrogen) atoms. The second-order valence-electron chi connectivity index (χ2n) is 8.60. The largest absolute Gasteiger partial charge is 0.508 e. The van der Waals surface area contributed by atoms with Crippen molar-refractivity contribution in [2.45, 2.75) is 12.1 Å². The molecule has 0 spiro atoms. The summed E-state index contributed by atoms with van der Waals surface area (Å²) in [6.07, 6.45) is 0. The highest BCUT2D eigenvalue weighted by atomic mass is 16.3. The first-order valence-corrected chi connectivity index (χ1v) is 11.4. The van der Waals surface area contributed by atoms with Crippen LogP contribution < -0.4 is 16.0 Å². The number of rotatable bonds is 5. The number of nitrogens with one attached hydrogen (secondary N) is 3. The van der Waals surface area contributed by atoms with Gasteiger partial charge in [-0.05, 0) is 48.0 Å². The molecule has 0 saturated carbocycles. The summed E-state index contributed by atoms with van der Waals surface area (Å²) in [5, 5.41) is 49.8. The van der Waals surface area contributed by atoms with Crippen LogP contribution in [0, 0.1) is 0 Å². The fraction of sp³-hybridized carbons (Fsp3) is 0.0714. The Labute approximate surface area is 211 Å². The highest BCUT2D eigenvalue weighted by molar-refractivity contribution is 5.97. The molecule has 1 heterocycles. The zero-order valence-corrected chi connectivity index (χ0v) is 19.3. The minimum absolute atomic E-state index is 0.0188. The summed E-state index contributed by atoms with van der Waals surface area (Å²) in [4.78, 5) is 25.6. The third-order valence-corrected chi connectivity index (χ3v) is 6.24. The third kappa shape index (κ3) is 4.57. The quantitative estimate of drug-likeness (QED) is 0.205. The standard InChI is InChI=1S/C28H23N3O6/c32-16-11-9-15(10-12-16)25-19-14-24(35)20(13-21(19)29-28(37)31-25)26(17-5-1-3-7-22(17)33)30-27(36)18-6-2-4-8-23(18)34/h1-14,25-26,32-35H,(H,30,36)(H2,29,31,37). The van der Waals surface area contributed by atoms with E-state index in [0.29, 0.717) is 22.4 Å². The molecular weight excluding hydrogens is 474 g/mol. The van der Waals surface area contributed by atoms with Gasteiger partial charge in [0.2, 0.25) is 0 Å². The van der Waals surface area contributed by atoms with Crippen molar-refractivity contribution >= 4 is 17.6 Å². The zero-order chi connectivity index (χ0) is 26.1.